The number of hydrogen-bond acceptors (Lipinski definition) is 3. The summed E-state index contributed by atoms with van der Waals surface area (Å²) in [5, 5.41) is 8.74. The van der Waals surface area contributed by atoms with E-state index in [1.807, 2.05) is 6.07 Å². The van der Waals surface area contributed by atoms with Gasteiger partial charge in [0.25, 0.3) is 0 Å². The van der Waals surface area contributed by atoms with Crippen molar-refractivity contribution in [2.75, 3.05) is 6.61 Å². The van der Waals surface area contributed by atoms with Crippen molar-refractivity contribution in [3.63, 3.8) is 0 Å². The Bertz CT molecular complexity index is 607. The van der Waals surface area contributed by atoms with Gasteiger partial charge in [0.2, 0.25) is 0 Å². The minimum atomic E-state index is -0.0840. The van der Waals surface area contributed by atoms with Gasteiger partial charge in [-0.25, -0.2) is 0 Å². The van der Waals surface area contributed by atoms with Crippen LogP contribution in [0.2, 0.25) is 0 Å². The van der Waals surface area contributed by atoms with E-state index in [4.69, 9.17) is 5.11 Å². The van der Waals surface area contributed by atoms with Crippen LogP contribution in [0.3, 0.4) is 0 Å². The fourth-order valence-corrected chi connectivity index (χ4v) is 3.00. The number of aliphatic hydroxyl groups excluding tert-OH is 1. The average molecular weight is 299 g/mol. The van der Waals surface area contributed by atoms with Gasteiger partial charge in [-0.1, -0.05) is 42.2 Å². The van der Waals surface area contributed by atoms with Gasteiger partial charge in [0.15, 0.2) is 0 Å². The second-order valence-corrected chi connectivity index (χ2v) is 6.38. The van der Waals surface area contributed by atoms with Crippen molar-refractivity contribution in [2.24, 2.45) is 0 Å². The minimum Gasteiger partial charge on any atom is -0.384 e. The first-order valence-corrected chi connectivity index (χ1v) is 7.97. The number of aliphatic hydroxyl groups is 1. The summed E-state index contributed by atoms with van der Waals surface area (Å²) in [5.74, 6) is 5.66. The predicted molar refractivity (Wildman–Crippen MR) is 89.1 cm³/mol. The molecule has 0 aliphatic rings. The number of rotatable bonds is 5. The molecule has 0 saturated carbocycles. The molecule has 1 N–H and O–H groups in total. The molecule has 2 aromatic rings. The third kappa shape index (κ3) is 5.02. The summed E-state index contributed by atoms with van der Waals surface area (Å²) in [6.45, 7) is 6.25. The van der Waals surface area contributed by atoms with Crippen LogP contribution in [0.4, 0.5) is 0 Å². The highest BCUT2D eigenvalue weighted by molar-refractivity contribution is 7.12. The summed E-state index contributed by atoms with van der Waals surface area (Å²) >= 11 is 1.70. The Morgan fingerprint density at radius 3 is 2.52 bits per heavy atom. The zero-order valence-corrected chi connectivity index (χ0v) is 13.4. The van der Waals surface area contributed by atoms with E-state index in [-0.39, 0.29) is 6.61 Å². The van der Waals surface area contributed by atoms with E-state index in [9.17, 15) is 0 Å². The largest absolute Gasteiger partial charge is 0.384 e. The molecule has 0 amide bonds. The lowest BCUT2D eigenvalue weighted by molar-refractivity contribution is 0.205. The Kier molecular flexibility index (Phi) is 6.01. The Balaban J connectivity index is 2.04. The predicted octanol–water partition coefficient (Wildman–Crippen LogP) is 3.50. The Hall–Kier alpha value is -1.60. The topological polar surface area (TPSA) is 23.5 Å². The molecule has 0 radical (unpaired) electrons. The van der Waals surface area contributed by atoms with Gasteiger partial charge >= 0.3 is 0 Å². The third-order valence-electron chi connectivity index (χ3n) is 3.27. The number of benzene rings is 1. The second kappa shape index (κ2) is 7.99. The maximum absolute atomic E-state index is 8.74. The van der Waals surface area contributed by atoms with Gasteiger partial charge in [-0.2, -0.15) is 0 Å². The maximum atomic E-state index is 8.74. The quantitative estimate of drug-likeness (QED) is 0.854. The van der Waals surface area contributed by atoms with Crippen molar-refractivity contribution < 1.29 is 5.11 Å². The highest BCUT2D eigenvalue weighted by atomic mass is 32.1. The van der Waals surface area contributed by atoms with Crippen LogP contribution in [0.1, 0.15) is 29.2 Å². The van der Waals surface area contributed by atoms with Crippen molar-refractivity contribution in [3.8, 4) is 11.8 Å². The molecule has 0 aliphatic carbocycles. The van der Waals surface area contributed by atoms with Crippen molar-refractivity contribution in [1.29, 1.82) is 0 Å². The van der Waals surface area contributed by atoms with E-state index in [1.54, 1.807) is 11.3 Å². The van der Waals surface area contributed by atoms with Crippen LogP contribution >= 0.6 is 11.3 Å². The summed E-state index contributed by atoms with van der Waals surface area (Å²) in [5.41, 5.74) is 1.34. The first kappa shape index (κ1) is 15.8. The van der Waals surface area contributed by atoms with E-state index in [0.29, 0.717) is 6.04 Å². The Labute approximate surface area is 131 Å². The molecule has 0 atom stereocenters. The van der Waals surface area contributed by atoms with Gasteiger partial charge in [0.1, 0.15) is 6.61 Å². The minimum absolute atomic E-state index is 0.0840. The highest BCUT2D eigenvalue weighted by Crippen LogP contribution is 2.20. The number of nitrogens with zero attached hydrogens (tertiary/aromatic N) is 1. The first-order chi connectivity index (χ1) is 10.2. The van der Waals surface area contributed by atoms with E-state index in [0.717, 1.165) is 18.0 Å². The van der Waals surface area contributed by atoms with Crippen LogP contribution in [0.5, 0.6) is 0 Å². The highest BCUT2D eigenvalue weighted by Gasteiger charge is 2.12. The summed E-state index contributed by atoms with van der Waals surface area (Å²) in [6.07, 6.45) is 0. The van der Waals surface area contributed by atoms with Crippen molar-refractivity contribution in [2.45, 2.75) is 33.0 Å². The van der Waals surface area contributed by atoms with Crippen molar-refractivity contribution in [3.05, 3.63) is 57.8 Å². The summed E-state index contributed by atoms with van der Waals surface area (Å²) in [7, 11) is 0. The molecule has 0 bridgehead atoms. The van der Waals surface area contributed by atoms with Gasteiger partial charge < -0.3 is 5.11 Å². The maximum Gasteiger partial charge on any atom is 0.104 e. The van der Waals surface area contributed by atoms with Crippen LogP contribution in [0.25, 0.3) is 0 Å². The van der Waals surface area contributed by atoms with Crippen LogP contribution in [0.15, 0.2) is 42.5 Å². The molecule has 0 saturated heterocycles. The van der Waals surface area contributed by atoms with E-state index in [1.165, 1.54) is 10.4 Å². The van der Waals surface area contributed by atoms with Gasteiger partial charge in [0, 0.05) is 24.0 Å². The Morgan fingerprint density at radius 1 is 1.10 bits per heavy atom. The zero-order chi connectivity index (χ0) is 15.1. The van der Waals surface area contributed by atoms with E-state index >= 15 is 0 Å². The molecule has 2 rings (SSSR count). The van der Waals surface area contributed by atoms with Gasteiger partial charge in [0.05, 0.1) is 4.88 Å². The fraction of sp³-hybridized carbons (Fsp3) is 0.333. The molecule has 1 aromatic heterocycles. The summed E-state index contributed by atoms with van der Waals surface area (Å²) in [4.78, 5) is 4.77. The molecular formula is C18H21NOS. The van der Waals surface area contributed by atoms with Crippen LogP contribution in [0, 0.1) is 11.8 Å². The summed E-state index contributed by atoms with van der Waals surface area (Å²) < 4.78 is 0. The average Bonchev–Trinajstić information content (AvgIpc) is 2.93. The van der Waals surface area contributed by atoms with Crippen molar-refractivity contribution >= 4 is 11.3 Å². The molecule has 1 heterocycles. The van der Waals surface area contributed by atoms with Crippen molar-refractivity contribution in [1.82, 2.24) is 4.90 Å². The monoisotopic (exact) mass is 299 g/mol. The standard InChI is InChI=1S/C18H21NOS/c1-15(2)19(13-16-7-4-3-5-8-16)14-18-11-10-17(21-18)9-6-12-20/h3-5,7-8,10-11,15,20H,12-14H2,1-2H3. The molecular weight excluding hydrogens is 278 g/mol. The molecule has 0 aliphatic heterocycles. The molecule has 0 spiro atoms. The number of thiophene rings is 1. The molecule has 110 valence electrons. The van der Waals surface area contributed by atoms with Gasteiger partial charge in [-0.05, 0) is 31.5 Å². The molecule has 1 aromatic carbocycles. The van der Waals surface area contributed by atoms with E-state index < -0.39 is 0 Å². The first-order valence-electron chi connectivity index (χ1n) is 7.15. The Morgan fingerprint density at radius 2 is 1.86 bits per heavy atom. The second-order valence-electron chi connectivity index (χ2n) is 5.21. The molecule has 2 nitrogen and oxygen atoms in total. The third-order valence-corrected chi connectivity index (χ3v) is 4.26. The lowest BCUT2D eigenvalue weighted by Crippen LogP contribution is -2.29. The summed E-state index contributed by atoms with van der Waals surface area (Å²) in [6, 6.07) is 15.2. The smallest absolute Gasteiger partial charge is 0.104 e. The molecule has 21 heavy (non-hydrogen) atoms. The van der Waals surface area contributed by atoms with Crippen LogP contribution in [-0.4, -0.2) is 22.7 Å². The lowest BCUT2D eigenvalue weighted by atomic mass is 10.2. The van der Waals surface area contributed by atoms with Gasteiger partial charge in [-0.3, -0.25) is 4.90 Å². The molecule has 0 unspecified atom stereocenters. The lowest BCUT2D eigenvalue weighted by Gasteiger charge is -2.26. The molecule has 0 fully saturated rings. The van der Waals surface area contributed by atoms with Crippen LogP contribution < -0.4 is 0 Å². The normalized spacial score (nSPS) is 10.7. The van der Waals surface area contributed by atoms with E-state index in [2.05, 4.69) is 67.0 Å². The van der Waals surface area contributed by atoms with Crippen LogP contribution in [-0.2, 0) is 13.1 Å². The fourth-order valence-electron chi connectivity index (χ4n) is 2.10. The molecule has 3 heteroatoms. The SMILES string of the molecule is CC(C)N(Cc1ccccc1)Cc1ccc(C#CCO)s1. The number of hydrogen-bond donors (Lipinski definition) is 1. The van der Waals surface area contributed by atoms with Gasteiger partial charge in [-0.15, -0.1) is 11.3 Å². The zero-order valence-electron chi connectivity index (χ0n) is 12.5.